The lowest BCUT2D eigenvalue weighted by molar-refractivity contribution is -0.137. The predicted octanol–water partition coefficient (Wildman–Crippen LogP) is 1.74. The third kappa shape index (κ3) is 8.14. The van der Waals surface area contributed by atoms with Crippen molar-refractivity contribution in [3.63, 3.8) is 0 Å². The number of carboxylic acids is 1. The molecular formula is C14H18BrNO5S. The van der Waals surface area contributed by atoms with Gasteiger partial charge in [0, 0.05) is 17.4 Å². The van der Waals surface area contributed by atoms with E-state index in [9.17, 15) is 18.0 Å². The summed E-state index contributed by atoms with van der Waals surface area (Å²) in [5.74, 6) is -2.20. The van der Waals surface area contributed by atoms with Gasteiger partial charge in [0.25, 0.3) is 0 Å². The van der Waals surface area contributed by atoms with Crippen molar-refractivity contribution in [2.45, 2.75) is 25.0 Å². The fourth-order valence-electron chi connectivity index (χ4n) is 1.77. The van der Waals surface area contributed by atoms with E-state index in [-0.39, 0.29) is 18.7 Å². The molecule has 1 rings (SSSR count). The van der Waals surface area contributed by atoms with E-state index in [0.717, 1.165) is 4.47 Å². The Hall–Kier alpha value is -1.41. The quantitative estimate of drug-likeness (QED) is 0.624. The molecule has 6 nitrogen and oxygen atoms in total. The Labute approximate surface area is 138 Å². The summed E-state index contributed by atoms with van der Waals surface area (Å²) in [7, 11) is -3.52. The minimum Gasteiger partial charge on any atom is -0.481 e. The zero-order valence-electron chi connectivity index (χ0n) is 11.9. The van der Waals surface area contributed by atoms with Crippen molar-refractivity contribution in [2.75, 3.05) is 12.3 Å². The lowest BCUT2D eigenvalue weighted by Gasteiger charge is -2.06. The first-order valence-corrected chi connectivity index (χ1v) is 9.33. The normalized spacial score (nSPS) is 11.1. The molecule has 22 heavy (non-hydrogen) atoms. The van der Waals surface area contributed by atoms with Crippen molar-refractivity contribution < 1.29 is 23.1 Å². The number of unbranched alkanes of at least 4 members (excludes halogenated alkanes) is 1. The number of sulfone groups is 1. The average Bonchev–Trinajstić information content (AvgIpc) is 2.39. The smallest absolute Gasteiger partial charge is 0.303 e. The Kier molecular flexibility index (Phi) is 7.53. The number of carboxylic acid groups (broad SMARTS) is 1. The van der Waals surface area contributed by atoms with Crippen LogP contribution in [-0.4, -0.2) is 37.7 Å². The predicted molar refractivity (Wildman–Crippen MR) is 86.1 cm³/mol. The molecule has 0 radical (unpaired) electrons. The minimum atomic E-state index is -3.52. The van der Waals surface area contributed by atoms with E-state index in [0.29, 0.717) is 18.4 Å². The topological polar surface area (TPSA) is 101 Å². The lowest BCUT2D eigenvalue weighted by atomic mass is 10.2. The van der Waals surface area contributed by atoms with Gasteiger partial charge in [0.05, 0.1) is 5.75 Å². The van der Waals surface area contributed by atoms with Crippen LogP contribution in [0.15, 0.2) is 28.7 Å². The van der Waals surface area contributed by atoms with Crippen molar-refractivity contribution in [1.82, 2.24) is 5.32 Å². The number of benzene rings is 1. The molecule has 0 saturated heterocycles. The van der Waals surface area contributed by atoms with Gasteiger partial charge in [-0.05, 0) is 30.5 Å². The third-order valence-corrected chi connectivity index (χ3v) is 4.79. The number of nitrogens with one attached hydrogen (secondary N) is 1. The largest absolute Gasteiger partial charge is 0.481 e. The van der Waals surface area contributed by atoms with Crippen LogP contribution in [0.4, 0.5) is 0 Å². The van der Waals surface area contributed by atoms with Gasteiger partial charge in [0.2, 0.25) is 5.91 Å². The van der Waals surface area contributed by atoms with Gasteiger partial charge in [-0.2, -0.15) is 0 Å². The first-order valence-electron chi connectivity index (χ1n) is 6.72. The van der Waals surface area contributed by atoms with E-state index in [1.54, 1.807) is 24.3 Å². The van der Waals surface area contributed by atoms with Crippen molar-refractivity contribution in [3.8, 4) is 0 Å². The fourth-order valence-corrected chi connectivity index (χ4v) is 3.33. The summed E-state index contributed by atoms with van der Waals surface area (Å²) in [6.07, 6.45) is 0.990. The van der Waals surface area contributed by atoms with E-state index in [2.05, 4.69) is 21.2 Å². The SMILES string of the molecule is O=C(O)CCCCNC(=O)CS(=O)(=O)Cc1ccc(Br)cc1. The molecule has 122 valence electrons. The Bertz CT molecular complexity index is 613. The molecule has 0 atom stereocenters. The molecule has 0 saturated carbocycles. The van der Waals surface area contributed by atoms with E-state index < -0.39 is 27.5 Å². The number of rotatable bonds is 9. The molecule has 1 aromatic rings. The first-order chi connectivity index (χ1) is 10.3. The van der Waals surface area contributed by atoms with Crippen LogP contribution in [0, 0.1) is 0 Å². The number of aliphatic carboxylic acids is 1. The Balaban J connectivity index is 2.35. The van der Waals surface area contributed by atoms with Gasteiger partial charge in [-0.15, -0.1) is 0 Å². The van der Waals surface area contributed by atoms with E-state index in [1.165, 1.54) is 0 Å². The van der Waals surface area contributed by atoms with Gasteiger partial charge in [-0.3, -0.25) is 9.59 Å². The van der Waals surface area contributed by atoms with E-state index in [1.807, 2.05) is 0 Å². The van der Waals surface area contributed by atoms with Gasteiger partial charge in [0.15, 0.2) is 9.84 Å². The van der Waals surface area contributed by atoms with Crippen LogP contribution in [0.2, 0.25) is 0 Å². The Morgan fingerprint density at radius 3 is 2.36 bits per heavy atom. The molecule has 0 unspecified atom stereocenters. The summed E-state index contributed by atoms with van der Waals surface area (Å²) in [6, 6.07) is 6.86. The molecule has 0 aliphatic rings. The number of halogens is 1. The van der Waals surface area contributed by atoms with Gasteiger partial charge < -0.3 is 10.4 Å². The molecule has 0 heterocycles. The highest BCUT2D eigenvalue weighted by Crippen LogP contribution is 2.13. The summed E-state index contributed by atoms with van der Waals surface area (Å²) in [5.41, 5.74) is 0.623. The first kappa shape index (κ1) is 18.6. The summed E-state index contributed by atoms with van der Waals surface area (Å²) in [4.78, 5) is 21.9. The van der Waals surface area contributed by atoms with Gasteiger partial charge in [-0.25, -0.2) is 8.42 Å². The number of hydrogen-bond acceptors (Lipinski definition) is 4. The number of carbonyl (C=O) groups is 2. The van der Waals surface area contributed by atoms with Crippen molar-refractivity contribution in [2.24, 2.45) is 0 Å². The van der Waals surface area contributed by atoms with Crippen molar-refractivity contribution in [3.05, 3.63) is 34.3 Å². The highest BCUT2D eigenvalue weighted by atomic mass is 79.9. The molecule has 1 amide bonds. The van der Waals surface area contributed by atoms with E-state index >= 15 is 0 Å². The maximum Gasteiger partial charge on any atom is 0.303 e. The van der Waals surface area contributed by atoms with Gasteiger partial charge in [-0.1, -0.05) is 28.1 Å². The molecular weight excluding hydrogens is 374 g/mol. The number of amides is 1. The molecule has 0 bridgehead atoms. The zero-order valence-corrected chi connectivity index (χ0v) is 14.3. The molecule has 8 heteroatoms. The third-order valence-electron chi connectivity index (χ3n) is 2.79. The Morgan fingerprint density at radius 1 is 1.14 bits per heavy atom. The van der Waals surface area contributed by atoms with Crippen LogP contribution >= 0.6 is 15.9 Å². The second-order valence-electron chi connectivity index (χ2n) is 4.86. The Morgan fingerprint density at radius 2 is 1.77 bits per heavy atom. The molecule has 0 spiro atoms. The molecule has 0 aliphatic heterocycles. The monoisotopic (exact) mass is 391 g/mol. The van der Waals surface area contributed by atoms with Crippen molar-refractivity contribution >= 4 is 37.6 Å². The second kappa shape index (κ2) is 8.89. The standard InChI is InChI=1S/C14H18BrNO5S/c15-12-6-4-11(5-7-12)9-22(20,21)10-13(17)16-8-2-1-3-14(18)19/h4-7H,1-3,8-10H2,(H,16,17)(H,18,19). The molecule has 0 aromatic heterocycles. The van der Waals surface area contributed by atoms with E-state index in [4.69, 9.17) is 5.11 Å². The molecule has 2 N–H and O–H groups in total. The molecule has 0 aliphatic carbocycles. The van der Waals surface area contributed by atoms with Crippen LogP contribution in [0.5, 0.6) is 0 Å². The minimum absolute atomic E-state index is 0.0394. The second-order valence-corrected chi connectivity index (χ2v) is 7.84. The molecule has 1 aromatic carbocycles. The summed E-state index contributed by atoms with van der Waals surface area (Å²) < 4.78 is 24.7. The van der Waals surface area contributed by atoms with Crippen molar-refractivity contribution in [1.29, 1.82) is 0 Å². The lowest BCUT2D eigenvalue weighted by Crippen LogP contribution is -2.31. The number of carbonyl (C=O) groups excluding carboxylic acids is 1. The van der Waals surface area contributed by atoms with Gasteiger partial charge in [0.1, 0.15) is 5.75 Å². The van der Waals surface area contributed by atoms with Crippen LogP contribution in [-0.2, 0) is 25.2 Å². The number of hydrogen-bond donors (Lipinski definition) is 2. The average molecular weight is 392 g/mol. The van der Waals surface area contributed by atoms with Gasteiger partial charge >= 0.3 is 5.97 Å². The van der Waals surface area contributed by atoms with Crippen LogP contribution in [0.1, 0.15) is 24.8 Å². The highest BCUT2D eigenvalue weighted by Gasteiger charge is 2.17. The summed E-state index contributed by atoms with van der Waals surface area (Å²) in [6.45, 7) is 0.278. The summed E-state index contributed by atoms with van der Waals surface area (Å²) >= 11 is 3.27. The van der Waals surface area contributed by atoms with Crippen LogP contribution in [0.25, 0.3) is 0 Å². The van der Waals surface area contributed by atoms with Crippen LogP contribution < -0.4 is 5.32 Å². The highest BCUT2D eigenvalue weighted by molar-refractivity contribution is 9.10. The summed E-state index contributed by atoms with van der Waals surface area (Å²) in [5, 5.41) is 11.0. The maximum atomic E-state index is 11.9. The molecule has 0 fully saturated rings. The van der Waals surface area contributed by atoms with Crippen LogP contribution in [0.3, 0.4) is 0 Å². The fraction of sp³-hybridized carbons (Fsp3) is 0.429. The maximum absolute atomic E-state index is 11.9. The zero-order chi connectivity index (χ0) is 16.6.